The number of benzene rings is 1. The summed E-state index contributed by atoms with van der Waals surface area (Å²) in [5, 5.41) is 9.04. The van der Waals surface area contributed by atoms with Crippen LogP contribution in [-0.2, 0) is 0 Å². The summed E-state index contributed by atoms with van der Waals surface area (Å²) >= 11 is 0. The molecule has 1 amide bonds. The van der Waals surface area contributed by atoms with Gasteiger partial charge in [0.1, 0.15) is 0 Å². The molecule has 1 aromatic rings. The van der Waals surface area contributed by atoms with E-state index in [0.29, 0.717) is 24.6 Å². The number of halogens is 2. The minimum absolute atomic E-state index is 0.00656. The topological polar surface area (TPSA) is 57.6 Å². The highest BCUT2D eigenvalue weighted by atomic mass is 19.2. The van der Waals surface area contributed by atoms with E-state index in [-0.39, 0.29) is 6.54 Å². The Labute approximate surface area is 120 Å². The molecule has 21 heavy (non-hydrogen) atoms. The van der Waals surface area contributed by atoms with Gasteiger partial charge in [-0.05, 0) is 30.9 Å². The molecule has 1 N–H and O–H groups in total. The molecule has 4 nitrogen and oxygen atoms in total. The summed E-state index contributed by atoms with van der Waals surface area (Å²) in [4.78, 5) is 24.8. The highest BCUT2D eigenvalue weighted by Gasteiger charge is 2.29. The van der Waals surface area contributed by atoms with Crippen LogP contribution in [-0.4, -0.2) is 35.0 Å². The molecule has 0 heterocycles. The zero-order chi connectivity index (χ0) is 15.6. The molecule has 0 atom stereocenters. The molecule has 0 saturated heterocycles. The van der Waals surface area contributed by atoms with Crippen LogP contribution >= 0.6 is 0 Å². The third-order valence-electron chi connectivity index (χ3n) is 3.27. The fourth-order valence-corrected chi connectivity index (χ4v) is 2.01. The Kier molecular flexibility index (Phi) is 4.22. The molecule has 0 unspecified atom stereocenters. The quantitative estimate of drug-likeness (QED) is 0.846. The van der Waals surface area contributed by atoms with Gasteiger partial charge in [0.25, 0.3) is 5.91 Å². The Morgan fingerprint density at radius 2 is 1.86 bits per heavy atom. The van der Waals surface area contributed by atoms with Gasteiger partial charge >= 0.3 is 5.97 Å². The summed E-state index contributed by atoms with van der Waals surface area (Å²) in [6.45, 7) is 0.383. The van der Waals surface area contributed by atoms with Gasteiger partial charge in [-0.2, -0.15) is 0 Å². The Morgan fingerprint density at radius 1 is 1.29 bits per heavy atom. The standard InChI is InChI=1S/C15H13F2NO3/c1-2-5-18(8-9-3-4-9)14(19)10-6-12(16)13(17)7-11(10)15(20)21/h1,6-7,9H,3-5,8H2,(H,20,21). The van der Waals surface area contributed by atoms with Gasteiger partial charge in [-0.15, -0.1) is 6.42 Å². The second kappa shape index (κ2) is 5.92. The first-order valence-corrected chi connectivity index (χ1v) is 6.39. The first-order valence-electron chi connectivity index (χ1n) is 6.39. The van der Waals surface area contributed by atoms with Crippen molar-refractivity contribution in [2.75, 3.05) is 13.1 Å². The Balaban J connectivity index is 2.37. The smallest absolute Gasteiger partial charge is 0.336 e. The van der Waals surface area contributed by atoms with Crippen LogP contribution < -0.4 is 0 Å². The van der Waals surface area contributed by atoms with E-state index in [1.807, 2.05) is 0 Å². The lowest BCUT2D eigenvalue weighted by Crippen LogP contribution is -2.34. The number of carboxylic acids is 1. The first kappa shape index (κ1) is 15.0. The van der Waals surface area contributed by atoms with Crippen molar-refractivity contribution < 1.29 is 23.5 Å². The summed E-state index contributed by atoms with van der Waals surface area (Å²) in [5.74, 6) is -2.12. The number of terminal acetylenes is 1. The van der Waals surface area contributed by atoms with E-state index in [9.17, 15) is 18.4 Å². The fraction of sp³-hybridized carbons (Fsp3) is 0.333. The number of hydrogen-bond acceptors (Lipinski definition) is 2. The molecule has 110 valence electrons. The summed E-state index contributed by atoms with van der Waals surface area (Å²) < 4.78 is 26.5. The fourth-order valence-electron chi connectivity index (χ4n) is 2.01. The molecule has 1 aliphatic carbocycles. The maximum Gasteiger partial charge on any atom is 0.336 e. The Bertz CT molecular complexity index is 633. The highest BCUT2D eigenvalue weighted by Crippen LogP contribution is 2.30. The SMILES string of the molecule is C#CCN(CC1CC1)C(=O)c1cc(F)c(F)cc1C(=O)O. The van der Waals surface area contributed by atoms with Gasteiger partial charge in [0.2, 0.25) is 0 Å². The summed E-state index contributed by atoms with van der Waals surface area (Å²) in [7, 11) is 0. The van der Waals surface area contributed by atoms with Gasteiger partial charge in [-0.3, -0.25) is 4.79 Å². The van der Waals surface area contributed by atoms with E-state index in [1.54, 1.807) is 0 Å². The third kappa shape index (κ3) is 3.37. The number of carboxylic acid groups (broad SMARTS) is 1. The molecule has 6 heteroatoms. The van der Waals surface area contributed by atoms with Crippen molar-refractivity contribution in [2.45, 2.75) is 12.8 Å². The lowest BCUT2D eigenvalue weighted by molar-refractivity contribution is 0.0677. The van der Waals surface area contributed by atoms with Gasteiger partial charge in [-0.1, -0.05) is 5.92 Å². The van der Waals surface area contributed by atoms with Crippen molar-refractivity contribution in [1.82, 2.24) is 4.90 Å². The normalized spacial score (nSPS) is 13.6. The van der Waals surface area contributed by atoms with Crippen molar-refractivity contribution in [3.8, 4) is 12.3 Å². The van der Waals surface area contributed by atoms with Crippen LogP contribution in [0.4, 0.5) is 8.78 Å². The average molecular weight is 293 g/mol. The molecule has 1 aromatic carbocycles. The van der Waals surface area contributed by atoms with Crippen LogP contribution in [0.3, 0.4) is 0 Å². The van der Waals surface area contributed by atoms with Gasteiger partial charge in [0.15, 0.2) is 11.6 Å². The Morgan fingerprint density at radius 3 is 2.33 bits per heavy atom. The number of aromatic carboxylic acids is 1. The maximum atomic E-state index is 13.3. The van der Waals surface area contributed by atoms with Crippen molar-refractivity contribution in [3.05, 3.63) is 34.9 Å². The predicted octanol–water partition coefficient (Wildman–Crippen LogP) is 2.15. The van der Waals surface area contributed by atoms with E-state index in [2.05, 4.69) is 5.92 Å². The monoisotopic (exact) mass is 293 g/mol. The van der Waals surface area contributed by atoms with Crippen LogP contribution in [0.25, 0.3) is 0 Å². The number of amides is 1. The van der Waals surface area contributed by atoms with Gasteiger partial charge < -0.3 is 10.0 Å². The molecular formula is C15H13F2NO3. The molecule has 2 rings (SSSR count). The second-order valence-corrected chi connectivity index (χ2v) is 4.95. The number of nitrogens with zero attached hydrogens (tertiary/aromatic N) is 1. The average Bonchev–Trinajstić information content (AvgIpc) is 3.24. The minimum atomic E-state index is -1.50. The number of carbonyl (C=O) groups is 2. The zero-order valence-electron chi connectivity index (χ0n) is 11.1. The van der Waals surface area contributed by atoms with E-state index >= 15 is 0 Å². The van der Waals surface area contributed by atoms with Crippen LogP contribution in [0.1, 0.15) is 33.6 Å². The van der Waals surface area contributed by atoms with Gasteiger partial charge in [0, 0.05) is 6.54 Å². The minimum Gasteiger partial charge on any atom is -0.478 e. The first-order chi connectivity index (χ1) is 9.93. The van der Waals surface area contributed by atoms with E-state index in [4.69, 9.17) is 11.5 Å². The van der Waals surface area contributed by atoms with Crippen molar-refractivity contribution in [2.24, 2.45) is 5.92 Å². The number of hydrogen-bond donors (Lipinski definition) is 1. The van der Waals surface area contributed by atoms with Crippen LogP contribution in [0.2, 0.25) is 0 Å². The van der Waals surface area contributed by atoms with E-state index < -0.39 is 34.6 Å². The molecule has 1 fully saturated rings. The molecule has 1 saturated carbocycles. The van der Waals surface area contributed by atoms with Crippen LogP contribution in [0.5, 0.6) is 0 Å². The second-order valence-electron chi connectivity index (χ2n) is 4.95. The van der Waals surface area contributed by atoms with Crippen molar-refractivity contribution >= 4 is 11.9 Å². The maximum absolute atomic E-state index is 13.3. The summed E-state index contributed by atoms with van der Waals surface area (Å²) in [5.41, 5.74) is -0.964. The summed E-state index contributed by atoms with van der Waals surface area (Å²) in [6, 6.07) is 1.12. The largest absolute Gasteiger partial charge is 0.478 e. The molecule has 1 aliphatic rings. The summed E-state index contributed by atoms with van der Waals surface area (Å²) in [6.07, 6.45) is 7.14. The molecule has 0 spiro atoms. The molecule has 0 aromatic heterocycles. The molecule has 0 radical (unpaired) electrons. The highest BCUT2D eigenvalue weighted by molar-refractivity contribution is 6.04. The van der Waals surface area contributed by atoms with Crippen molar-refractivity contribution in [1.29, 1.82) is 0 Å². The zero-order valence-corrected chi connectivity index (χ0v) is 11.1. The Hall–Kier alpha value is -2.42. The number of rotatable bonds is 5. The van der Waals surface area contributed by atoms with Crippen LogP contribution in [0.15, 0.2) is 12.1 Å². The molecule has 0 bridgehead atoms. The van der Waals surface area contributed by atoms with E-state index in [1.165, 1.54) is 4.90 Å². The molecular weight excluding hydrogens is 280 g/mol. The lowest BCUT2D eigenvalue weighted by Gasteiger charge is -2.21. The van der Waals surface area contributed by atoms with Gasteiger partial charge in [-0.25, -0.2) is 13.6 Å². The van der Waals surface area contributed by atoms with Gasteiger partial charge in [0.05, 0.1) is 17.7 Å². The predicted molar refractivity (Wildman–Crippen MR) is 70.8 cm³/mol. The molecule has 0 aliphatic heterocycles. The van der Waals surface area contributed by atoms with Crippen molar-refractivity contribution in [3.63, 3.8) is 0 Å². The van der Waals surface area contributed by atoms with E-state index in [0.717, 1.165) is 12.8 Å². The lowest BCUT2D eigenvalue weighted by atomic mass is 10.1. The number of carbonyl (C=O) groups excluding carboxylic acids is 1. The van der Waals surface area contributed by atoms with Crippen LogP contribution in [0, 0.1) is 29.9 Å². The third-order valence-corrected chi connectivity index (χ3v) is 3.27.